The van der Waals surface area contributed by atoms with E-state index in [-0.39, 0.29) is 11.8 Å². The number of hydrogen-bond donors (Lipinski definition) is 1. The van der Waals surface area contributed by atoms with E-state index in [1.54, 1.807) is 36.3 Å². The first-order valence-electron chi connectivity index (χ1n) is 9.50. The molecule has 0 aliphatic rings. The number of hydrogen-bond acceptors (Lipinski definition) is 3. The summed E-state index contributed by atoms with van der Waals surface area (Å²) in [4.78, 5) is 27.2. The highest BCUT2D eigenvalue weighted by Crippen LogP contribution is 2.17. The number of nitrogens with zero attached hydrogens (tertiary/aromatic N) is 1. The Bertz CT molecular complexity index is 969. The van der Waals surface area contributed by atoms with Crippen LogP contribution in [-0.4, -0.2) is 25.5 Å². The molecule has 0 spiro atoms. The van der Waals surface area contributed by atoms with Crippen molar-refractivity contribution in [2.45, 2.75) is 13.5 Å². The van der Waals surface area contributed by atoms with Gasteiger partial charge < -0.3 is 15.0 Å². The number of carbonyl (C=O) groups is 2. The van der Waals surface area contributed by atoms with Crippen LogP contribution in [0, 0.1) is 0 Å². The lowest BCUT2D eigenvalue weighted by molar-refractivity contribution is 0.0951. The fourth-order valence-corrected chi connectivity index (χ4v) is 3.03. The average Bonchev–Trinajstić information content (AvgIpc) is 2.79. The van der Waals surface area contributed by atoms with Gasteiger partial charge in [0.25, 0.3) is 11.8 Å². The molecule has 3 aromatic rings. The number of ether oxygens (including phenoxy) is 1. The Morgan fingerprint density at radius 2 is 1.59 bits per heavy atom. The third-order valence-electron chi connectivity index (χ3n) is 4.61. The number of amides is 2. The maximum Gasteiger partial charge on any atom is 0.258 e. The van der Waals surface area contributed by atoms with Crippen molar-refractivity contribution in [1.29, 1.82) is 0 Å². The zero-order valence-electron chi connectivity index (χ0n) is 16.6. The van der Waals surface area contributed by atoms with Crippen molar-refractivity contribution < 1.29 is 14.3 Å². The molecule has 2 amide bonds. The predicted molar refractivity (Wildman–Crippen MR) is 114 cm³/mol. The van der Waals surface area contributed by atoms with Crippen molar-refractivity contribution in [1.82, 2.24) is 5.32 Å². The van der Waals surface area contributed by atoms with Gasteiger partial charge in [-0.05, 0) is 55.0 Å². The molecule has 0 heterocycles. The first kappa shape index (κ1) is 20.1. The van der Waals surface area contributed by atoms with E-state index in [1.807, 2.05) is 61.5 Å². The summed E-state index contributed by atoms with van der Waals surface area (Å²) in [5.74, 6) is 0.409. The van der Waals surface area contributed by atoms with Gasteiger partial charge in [0, 0.05) is 29.9 Å². The Morgan fingerprint density at radius 3 is 2.24 bits per heavy atom. The fourth-order valence-electron chi connectivity index (χ4n) is 3.03. The van der Waals surface area contributed by atoms with Gasteiger partial charge in [0.15, 0.2) is 0 Å². The summed E-state index contributed by atoms with van der Waals surface area (Å²) in [6, 6.07) is 23.8. The number of methoxy groups -OCH3 is 1. The highest BCUT2D eigenvalue weighted by molar-refractivity contribution is 6.07. The zero-order chi connectivity index (χ0) is 20.6. The Kier molecular flexibility index (Phi) is 6.63. The van der Waals surface area contributed by atoms with Gasteiger partial charge in [-0.3, -0.25) is 9.59 Å². The minimum atomic E-state index is -0.224. The summed E-state index contributed by atoms with van der Waals surface area (Å²) in [6.07, 6.45) is 0. The van der Waals surface area contributed by atoms with Crippen molar-refractivity contribution in [2.75, 3.05) is 18.6 Å². The molecular formula is C24H24N2O3. The van der Waals surface area contributed by atoms with E-state index in [0.717, 1.165) is 17.0 Å². The Hall–Kier alpha value is -3.60. The molecule has 3 rings (SSSR count). The summed E-state index contributed by atoms with van der Waals surface area (Å²) in [6.45, 7) is 2.86. The van der Waals surface area contributed by atoms with Gasteiger partial charge in [-0.25, -0.2) is 0 Å². The van der Waals surface area contributed by atoms with Gasteiger partial charge in [0.2, 0.25) is 0 Å². The number of rotatable bonds is 7. The van der Waals surface area contributed by atoms with Gasteiger partial charge in [0.1, 0.15) is 5.75 Å². The zero-order valence-corrected chi connectivity index (χ0v) is 16.6. The topological polar surface area (TPSA) is 58.6 Å². The van der Waals surface area contributed by atoms with Crippen LogP contribution in [0.15, 0.2) is 78.9 Å². The van der Waals surface area contributed by atoms with Crippen LogP contribution in [0.2, 0.25) is 0 Å². The maximum atomic E-state index is 13.0. The van der Waals surface area contributed by atoms with Crippen LogP contribution >= 0.6 is 0 Å². The Balaban J connectivity index is 1.70. The number of benzene rings is 3. The minimum absolute atomic E-state index is 0.136. The number of carbonyl (C=O) groups excluding carboxylic acids is 2. The van der Waals surface area contributed by atoms with Crippen LogP contribution in [0.25, 0.3) is 0 Å². The predicted octanol–water partition coefficient (Wildman–Crippen LogP) is 4.29. The molecule has 5 heteroatoms. The second-order valence-corrected chi connectivity index (χ2v) is 6.50. The third kappa shape index (κ3) is 5.02. The van der Waals surface area contributed by atoms with E-state index < -0.39 is 0 Å². The molecule has 3 aromatic carbocycles. The SMILES string of the molecule is CCN(C(=O)c1cccc(C(=O)NCc2ccc(OC)cc2)c1)c1ccccc1. The summed E-state index contributed by atoms with van der Waals surface area (Å²) in [5, 5.41) is 2.89. The monoisotopic (exact) mass is 388 g/mol. The first-order valence-corrected chi connectivity index (χ1v) is 9.50. The van der Waals surface area contributed by atoms with E-state index >= 15 is 0 Å². The van der Waals surface area contributed by atoms with Crippen molar-refractivity contribution >= 4 is 17.5 Å². The Morgan fingerprint density at radius 1 is 0.897 bits per heavy atom. The van der Waals surface area contributed by atoms with Crippen LogP contribution in [0.4, 0.5) is 5.69 Å². The molecule has 0 fully saturated rings. The molecule has 0 atom stereocenters. The van der Waals surface area contributed by atoms with Gasteiger partial charge >= 0.3 is 0 Å². The molecule has 0 aromatic heterocycles. The van der Waals surface area contributed by atoms with Crippen molar-refractivity contribution in [2.24, 2.45) is 0 Å². The molecule has 0 saturated carbocycles. The maximum absolute atomic E-state index is 13.0. The van der Waals surface area contributed by atoms with Crippen LogP contribution in [0.5, 0.6) is 5.75 Å². The molecule has 0 radical (unpaired) electrons. The quantitative estimate of drug-likeness (QED) is 0.657. The number of nitrogens with one attached hydrogen (secondary N) is 1. The summed E-state index contributed by atoms with van der Waals surface area (Å²) in [5.41, 5.74) is 2.73. The molecule has 1 N–H and O–H groups in total. The molecule has 5 nitrogen and oxygen atoms in total. The van der Waals surface area contributed by atoms with E-state index in [0.29, 0.717) is 24.2 Å². The van der Waals surface area contributed by atoms with Crippen molar-refractivity contribution in [3.63, 3.8) is 0 Å². The van der Waals surface area contributed by atoms with Crippen molar-refractivity contribution in [3.8, 4) is 5.75 Å². The van der Waals surface area contributed by atoms with Gasteiger partial charge in [-0.1, -0.05) is 36.4 Å². The van der Waals surface area contributed by atoms with Crippen LogP contribution < -0.4 is 15.0 Å². The molecule has 0 unspecified atom stereocenters. The summed E-state index contributed by atoms with van der Waals surface area (Å²) >= 11 is 0. The smallest absolute Gasteiger partial charge is 0.258 e. The fraction of sp³-hybridized carbons (Fsp3) is 0.167. The average molecular weight is 388 g/mol. The van der Waals surface area contributed by atoms with E-state index in [4.69, 9.17) is 4.74 Å². The second kappa shape index (κ2) is 9.55. The lowest BCUT2D eigenvalue weighted by Crippen LogP contribution is -2.31. The summed E-state index contributed by atoms with van der Waals surface area (Å²) < 4.78 is 5.14. The molecular weight excluding hydrogens is 364 g/mol. The molecule has 0 aliphatic carbocycles. The lowest BCUT2D eigenvalue weighted by atomic mass is 10.1. The lowest BCUT2D eigenvalue weighted by Gasteiger charge is -2.21. The highest BCUT2D eigenvalue weighted by Gasteiger charge is 2.17. The van der Waals surface area contributed by atoms with Gasteiger partial charge in [-0.2, -0.15) is 0 Å². The molecule has 29 heavy (non-hydrogen) atoms. The van der Waals surface area contributed by atoms with E-state index in [2.05, 4.69) is 5.32 Å². The third-order valence-corrected chi connectivity index (χ3v) is 4.61. The number of anilines is 1. The molecule has 0 bridgehead atoms. The highest BCUT2D eigenvalue weighted by atomic mass is 16.5. The van der Waals surface area contributed by atoms with Gasteiger partial charge in [-0.15, -0.1) is 0 Å². The molecule has 0 saturated heterocycles. The second-order valence-electron chi connectivity index (χ2n) is 6.50. The molecule has 148 valence electrons. The van der Waals surface area contributed by atoms with Crippen LogP contribution in [0.3, 0.4) is 0 Å². The van der Waals surface area contributed by atoms with E-state index in [1.165, 1.54) is 0 Å². The largest absolute Gasteiger partial charge is 0.497 e. The molecule has 0 aliphatic heterocycles. The van der Waals surface area contributed by atoms with E-state index in [9.17, 15) is 9.59 Å². The number of para-hydroxylation sites is 1. The summed E-state index contributed by atoms with van der Waals surface area (Å²) in [7, 11) is 1.61. The first-order chi connectivity index (χ1) is 14.1. The van der Waals surface area contributed by atoms with Gasteiger partial charge in [0.05, 0.1) is 7.11 Å². The van der Waals surface area contributed by atoms with Crippen LogP contribution in [0.1, 0.15) is 33.2 Å². The Labute approximate surface area is 170 Å². The standard InChI is InChI=1S/C24H24N2O3/c1-3-26(21-10-5-4-6-11-21)24(28)20-9-7-8-19(16-20)23(27)25-17-18-12-14-22(29-2)15-13-18/h4-16H,3,17H2,1-2H3,(H,25,27). The normalized spacial score (nSPS) is 10.3. The van der Waals surface area contributed by atoms with Crippen LogP contribution in [-0.2, 0) is 6.54 Å². The van der Waals surface area contributed by atoms with Crippen molar-refractivity contribution in [3.05, 3.63) is 95.6 Å². The minimum Gasteiger partial charge on any atom is -0.497 e.